The molecule has 1 aliphatic rings. The molecule has 2 aromatic heterocycles. The van der Waals surface area contributed by atoms with Crippen LogP contribution in [-0.2, 0) is 0 Å². The molecule has 5 rings (SSSR count). The molecular formula is C23H23N5O. The molecule has 0 amide bonds. The van der Waals surface area contributed by atoms with Gasteiger partial charge in [-0.15, -0.1) is 0 Å². The molecule has 0 radical (unpaired) electrons. The van der Waals surface area contributed by atoms with Crippen molar-refractivity contribution in [1.82, 2.24) is 24.6 Å². The van der Waals surface area contributed by atoms with E-state index in [-0.39, 0.29) is 6.17 Å². The molecule has 6 heteroatoms. The summed E-state index contributed by atoms with van der Waals surface area (Å²) in [5.74, 6) is 1.62. The predicted molar refractivity (Wildman–Crippen MR) is 113 cm³/mol. The zero-order chi connectivity index (χ0) is 19.6. The SMILES string of the molecule is CCN1CCCC1n1nc(-c2ccc(Oc3ccccc3)cc2)c2cncnc21. The highest BCUT2D eigenvalue weighted by atomic mass is 16.5. The molecular weight excluding hydrogens is 362 g/mol. The van der Waals surface area contributed by atoms with E-state index < -0.39 is 0 Å². The van der Waals surface area contributed by atoms with Gasteiger partial charge in [-0.3, -0.25) is 4.90 Å². The highest BCUT2D eigenvalue weighted by molar-refractivity contribution is 5.90. The molecule has 0 N–H and O–H groups in total. The molecule has 1 atom stereocenters. The first-order chi connectivity index (χ1) is 14.3. The minimum absolute atomic E-state index is 0.256. The second-order valence-electron chi connectivity index (χ2n) is 7.24. The molecule has 0 saturated carbocycles. The summed E-state index contributed by atoms with van der Waals surface area (Å²) in [5.41, 5.74) is 2.84. The smallest absolute Gasteiger partial charge is 0.163 e. The predicted octanol–water partition coefficient (Wildman–Crippen LogP) is 4.90. The van der Waals surface area contributed by atoms with E-state index in [4.69, 9.17) is 9.84 Å². The number of rotatable bonds is 5. The first kappa shape index (κ1) is 17.8. The molecule has 1 fully saturated rings. The average molecular weight is 385 g/mol. The Morgan fingerprint density at radius 1 is 1.03 bits per heavy atom. The van der Waals surface area contributed by atoms with Crippen LogP contribution in [0.25, 0.3) is 22.3 Å². The zero-order valence-electron chi connectivity index (χ0n) is 16.4. The Morgan fingerprint density at radius 2 is 1.83 bits per heavy atom. The van der Waals surface area contributed by atoms with Crippen LogP contribution in [0.2, 0.25) is 0 Å². The van der Waals surface area contributed by atoms with E-state index >= 15 is 0 Å². The number of nitrogens with zero attached hydrogens (tertiary/aromatic N) is 5. The third kappa shape index (κ3) is 3.36. The standard InChI is InChI=1S/C23H23N5O/c1-2-27-14-6-9-21(27)28-23-20(15-24-16-25-23)22(26-28)17-10-12-19(13-11-17)29-18-7-4-3-5-8-18/h3-5,7-8,10-13,15-16,21H,2,6,9,14H2,1H3. The van der Waals surface area contributed by atoms with Gasteiger partial charge >= 0.3 is 0 Å². The number of para-hydroxylation sites is 1. The van der Waals surface area contributed by atoms with E-state index in [0.29, 0.717) is 0 Å². The minimum atomic E-state index is 0.256. The average Bonchev–Trinajstić information content (AvgIpc) is 3.39. The quantitative estimate of drug-likeness (QED) is 0.489. The van der Waals surface area contributed by atoms with Gasteiger partial charge in [0.15, 0.2) is 5.65 Å². The van der Waals surface area contributed by atoms with Crippen LogP contribution in [-0.4, -0.2) is 37.7 Å². The van der Waals surface area contributed by atoms with Crippen molar-refractivity contribution < 1.29 is 4.74 Å². The molecule has 4 aromatic rings. The van der Waals surface area contributed by atoms with E-state index in [1.165, 1.54) is 6.42 Å². The van der Waals surface area contributed by atoms with Crippen molar-refractivity contribution in [3.8, 4) is 22.8 Å². The Morgan fingerprint density at radius 3 is 2.62 bits per heavy atom. The van der Waals surface area contributed by atoms with Crippen LogP contribution in [0, 0.1) is 0 Å². The van der Waals surface area contributed by atoms with Crippen molar-refractivity contribution in [2.75, 3.05) is 13.1 Å². The van der Waals surface area contributed by atoms with Crippen LogP contribution in [0.15, 0.2) is 67.1 Å². The van der Waals surface area contributed by atoms with Crippen molar-refractivity contribution in [1.29, 1.82) is 0 Å². The van der Waals surface area contributed by atoms with E-state index in [2.05, 4.69) is 26.5 Å². The van der Waals surface area contributed by atoms with Crippen LogP contribution >= 0.6 is 0 Å². The lowest BCUT2D eigenvalue weighted by Gasteiger charge is -2.23. The minimum Gasteiger partial charge on any atom is -0.457 e. The second kappa shape index (κ2) is 7.64. The molecule has 1 unspecified atom stereocenters. The third-order valence-electron chi connectivity index (χ3n) is 5.50. The van der Waals surface area contributed by atoms with Crippen LogP contribution in [0.3, 0.4) is 0 Å². The van der Waals surface area contributed by atoms with Gasteiger partial charge in [0, 0.05) is 18.3 Å². The van der Waals surface area contributed by atoms with Crippen LogP contribution in [0.1, 0.15) is 25.9 Å². The summed E-state index contributed by atoms with van der Waals surface area (Å²) in [4.78, 5) is 11.3. The van der Waals surface area contributed by atoms with E-state index in [0.717, 1.165) is 53.3 Å². The molecule has 0 bridgehead atoms. The largest absolute Gasteiger partial charge is 0.457 e. The van der Waals surface area contributed by atoms with E-state index in [1.54, 1.807) is 6.33 Å². The van der Waals surface area contributed by atoms with Crippen molar-refractivity contribution in [3.05, 3.63) is 67.1 Å². The maximum atomic E-state index is 5.91. The van der Waals surface area contributed by atoms with Crippen LogP contribution < -0.4 is 4.74 Å². The van der Waals surface area contributed by atoms with Gasteiger partial charge in [0.2, 0.25) is 0 Å². The number of hydrogen-bond acceptors (Lipinski definition) is 5. The Hall–Kier alpha value is -3.25. The Kier molecular flexibility index (Phi) is 4.69. The van der Waals surface area contributed by atoms with Crippen LogP contribution in [0.4, 0.5) is 0 Å². The summed E-state index contributed by atoms with van der Waals surface area (Å²) in [6.07, 6.45) is 6.00. The summed E-state index contributed by atoms with van der Waals surface area (Å²) in [6.45, 7) is 4.32. The number of ether oxygens (including phenoxy) is 1. The van der Waals surface area contributed by atoms with Crippen LogP contribution in [0.5, 0.6) is 11.5 Å². The topological polar surface area (TPSA) is 56.1 Å². The summed E-state index contributed by atoms with van der Waals surface area (Å²) < 4.78 is 8.00. The zero-order valence-corrected chi connectivity index (χ0v) is 16.4. The molecule has 2 aromatic carbocycles. The number of benzene rings is 2. The summed E-state index contributed by atoms with van der Waals surface area (Å²) >= 11 is 0. The van der Waals surface area contributed by atoms with Gasteiger partial charge in [0.1, 0.15) is 29.7 Å². The van der Waals surface area contributed by atoms with Gasteiger partial charge in [0.25, 0.3) is 0 Å². The van der Waals surface area contributed by atoms with Crippen molar-refractivity contribution in [2.45, 2.75) is 25.9 Å². The van der Waals surface area contributed by atoms with Crippen molar-refractivity contribution in [3.63, 3.8) is 0 Å². The summed E-state index contributed by atoms with van der Waals surface area (Å²) in [5, 5.41) is 5.96. The fraction of sp³-hybridized carbons (Fsp3) is 0.261. The fourth-order valence-corrected chi connectivity index (χ4v) is 4.06. The molecule has 1 aliphatic heterocycles. The van der Waals surface area contributed by atoms with E-state index in [9.17, 15) is 0 Å². The van der Waals surface area contributed by atoms with Gasteiger partial charge in [0.05, 0.1) is 5.39 Å². The number of aromatic nitrogens is 4. The highest BCUT2D eigenvalue weighted by Gasteiger charge is 2.28. The first-order valence-electron chi connectivity index (χ1n) is 10.1. The molecule has 29 heavy (non-hydrogen) atoms. The maximum Gasteiger partial charge on any atom is 0.163 e. The molecule has 146 valence electrons. The number of fused-ring (bicyclic) bond motifs is 1. The molecule has 3 heterocycles. The lowest BCUT2D eigenvalue weighted by atomic mass is 10.1. The first-order valence-corrected chi connectivity index (χ1v) is 10.1. The monoisotopic (exact) mass is 385 g/mol. The van der Waals surface area contributed by atoms with Gasteiger partial charge in [-0.2, -0.15) is 5.10 Å². The summed E-state index contributed by atoms with van der Waals surface area (Å²) in [7, 11) is 0. The normalized spacial score (nSPS) is 17.1. The third-order valence-corrected chi connectivity index (χ3v) is 5.50. The molecule has 0 spiro atoms. The Labute approximate surface area is 169 Å². The fourth-order valence-electron chi connectivity index (χ4n) is 4.06. The number of hydrogen-bond donors (Lipinski definition) is 0. The Bertz CT molecular complexity index is 1110. The van der Waals surface area contributed by atoms with Crippen molar-refractivity contribution >= 4 is 11.0 Å². The lowest BCUT2D eigenvalue weighted by molar-refractivity contribution is 0.193. The molecule has 1 saturated heterocycles. The van der Waals surface area contributed by atoms with Gasteiger partial charge in [-0.1, -0.05) is 25.1 Å². The second-order valence-corrected chi connectivity index (χ2v) is 7.24. The highest BCUT2D eigenvalue weighted by Crippen LogP contribution is 2.34. The maximum absolute atomic E-state index is 5.91. The molecule has 6 nitrogen and oxygen atoms in total. The van der Waals surface area contributed by atoms with E-state index in [1.807, 2.05) is 60.8 Å². The van der Waals surface area contributed by atoms with Gasteiger partial charge in [-0.05, 0) is 55.8 Å². The van der Waals surface area contributed by atoms with Gasteiger partial charge < -0.3 is 4.74 Å². The van der Waals surface area contributed by atoms with Crippen molar-refractivity contribution in [2.24, 2.45) is 0 Å². The lowest BCUT2D eigenvalue weighted by Crippen LogP contribution is -2.28. The molecule has 0 aliphatic carbocycles. The number of likely N-dealkylation sites (tertiary alicyclic amines) is 1. The Balaban J connectivity index is 1.50. The summed E-state index contributed by atoms with van der Waals surface area (Å²) in [6, 6.07) is 17.8. The van der Waals surface area contributed by atoms with Gasteiger partial charge in [-0.25, -0.2) is 14.6 Å².